The van der Waals surface area contributed by atoms with Crippen molar-refractivity contribution in [2.45, 2.75) is 13.8 Å². The number of methoxy groups -OCH3 is 1. The van der Waals surface area contributed by atoms with E-state index in [2.05, 4.69) is 5.32 Å². The lowest BCUT2D eigenvalue weighted by atomic mass is 10.0. The normalized spacial score (nSPS) is 13.7. The SMILES string of the molecule is COc1ccc(N2C(=O)C(Nc3cccc(C)c3C)=C(c3ccc(F)cc3)C2=O)cc1. The van der Waals surface area contributed by atoms with Gasteiger partial charge in [-0.1, -0.05) is 24.3 Å². The van der Waals surface area contributed by atoms with E-state index >= 15 is 0 Å². The molecular formula is C25H21FN2O3. The zero-order chi connectivity index (χ0) is 22.1. The second-order valence-electron chi connectivity index (χ2n) is 7.27. The van der Waals surface area contributed by atoms with Crippen LogP contribution in [0.4, 0.5) is 15.8 Å². The first-order valence-electron chi connectivity index (χ1n) is 9.77. The van der Waals surface area contributed by atoms with Gasteiger partial charge in [0, 0.05) is 5.69 Å². The number of aryl methyl sites for hydroxylation is 1. The predicted octanol–water partition coefficient (Wildman–Crippen LogP) is 4.85. The summed E-state index contributed by atoms with van der Waals surface area (Å²) in [4.78, 5) is 27.9. The quantitative estimate of drug-likeness (QED) is 0.604. The number of halogens is 1. The molecule has 31 heavy (non-hydrogen) atoms. The number of hydrogen-bond acceptors (Lipinski definition) is 4. The molecule has 1 N–H and O–H groups in total. The molecule has 2 amide bonds. The van der Waals surface area contributed by atoms with Crippen LogP contribution in [0.3, 0.4) is 0 Å². The molecule has 6 heteroatoms. The molecule has 0 unspecified atom stereocenters. The third-order valence-electron chi connectivity index (χ3n) is 5.41. The molecule has 4 rings (SSSR count). The smallest absolute Gasteiger partial charge is 0.282 e. The molecule has 0 fully saturated rings. The van der Waals surface area contributed by atoms with E-state index < -0.39 is 17.6 Å². The fourth-order valence-corrected chi connectivity index (χ4v) is 3.52. The number of carbonyl (C=O) groups is 2. The number of amides is 2. The van der Waals surface area contributed by atoms with Gasteiger partial charge in [0.25, 0.3) is 11.8 Å². The van der Waals surface area contributed by atoms with E-state index in [1.54, 1.807) is 31.4 Å². The first-order chi connectivity index (χ1) is 14.9. The molecule has 1 heterocycles. The second kappa shape index (κ2) is 8.07. The number of anilines is 2. The molecule has 0 bridgehead atoms. The van der Waals surface area contributed by atoms with Crippen LogP contribution in [-0.2, 0) is 9.59 Å². The largest absolute Gasteiger partial charge is 0.497 e. The van der Waals surface area contributed by atoms with E-state index in [0.717, 1.165) is 21.7 Å². The third-order valence-corrected chi connectivity index (χ3v) is 5.41. The average molecular weight is 416 g/mol. The van der Waals surface area contributed by atoms with Crippen molar-refractivity contribution < 1.29 is 18.7 Å². The van der Waals surface area contributed by atoms with Crippen molar-refractivity contribution in [3.63, 3.8) is 0 Å². The molecule has 1 aliphatic rings. The molecule has 3 aromatic carbocycles. The number of rotatable bonds is 5. The maximum absolute atomic E-state index is 13.5. The van der Waals surface area contributed by atoms with Gasteiger partial charge in [0.05, 0.1) is 18.4 Å². The first kappa shape index (κ1) is 20.3. The fraction of sp³-hybridized carbons (Fsp3) is 0.120. The summed E-state index contributed by atoms with van der Waals surface area (Å²) in [5.74, 6) is -0.759. The molecule has 156 valence electrons. The van der Waals surface area contributed by atoms with Crippen LogP contribution < -0.4 is 15.0 Å². The van der Waals surface area contributed by atoms with Gasteiger partial charge in [-0.25, -0.2) is 9.29 Å². The van der Waals surface area contributed by atoms with E-state index in [1.165, 1.54) is 24.3 Å². The Morgan fingerprint density at radius 2 is 1.55 bits per heavy atom. The molecule has 0 atom stereocenters. The molecular weight excluding hydrogens is 395 g/mol. The lowest BCUT2D eigenvalue weighted by molar-refractivity contribution is -0.120. The molecule has 1 aliphatic heterocycles. The van der Waals surface area contributed by atoms with Gasteiger partial charge in [0.15, 0.2) is 0 Å². The van der Waals surface area contributed by atoms with Gasteiger partial charge in [-0.15, -0.1) is 0 Å². The highest BCUT2D eigenvalue weighted by Crippen LogP contribution is 2.35. The van der Waals surface area contributed by atoms with Crippen LogP contribution in [0.15, 0.2) is 72.4 Å². The molecule has 0 radical (unpaired) electrons. The zero-order valence-corrected chi connectivity index (χ0v) is 17.4. The van der Waals surface area contributed by atoms with Crippen LogP contribution >= 0.6 is 0 Å². The van der Waals surface area contributed by atoms with Crippen molar-refractivity contribution in [1.29, 1.82) is 0 Å². The van der Waals surface area contributed by atoms with E-state index in [9.17, 15) is 14.0 Å². The van der Waals surface area contributed by atoms with E-state index in [4.69, 9.17) is 4.74 Å². The Morgan fingerprint density at radius 1 is 0.871 bits per heavy atom. The Hall–Kier alpha value is -3.93. The summed E-state index contributed by atoms with van der Waals surface area (Å²) < 4.78 is 18.7. The molecule has 0 aromatic heterocycles. The summed E-state index contributed by atoms with van der Waals surface area (Å²) >= 11 is 0. The molecule has 0 spiro atoms. The van der Waals surface area contributed by atoms with Gasteiger partial charge in [0.1, 0.15) is 17.3 Å². The minimum absolute atomic E-state index is 0.154. The van der Waals surface area contributed by atoms with Gasteiger partial charge in [-0.3, -0.25) is 9.59 Å². The Morgan fingerprint density at radius 3 is 2.19 bits per heavy atom. The summed E-state index contributed by atoms with van der Waals surface area (Å²) in [5, 5.41) is 3.16. The van der Waals surface area contributed by atoms with Crippen molar-refractivity contribution in [2.24, 2.45) is 0 Å². The monoisotopic (exact) mass is 416 g/mol. The fourth-order valence-electron chi connectivity index (χ4n) is 3.52. The van der Waals surface area contributed by atoms with Gasteiger partial charge < -0.3 is 10.1 Å². The lowest BCUT2D eigenvalue weighted by Gasteiger charge is -2.16. The molecule has 3 aromatic rings. The summed E-state index contributed by atoms with van der Waals surface area (Å²) in [6.07, 6.45) is 0. The first-order valence-corrected chi connectivity index (χ1v) is 9.77. The maximum atomic E-state index is 13.5. The molecule has 0 saturated carbocycles. The van der Waals surface area contributed by atoms with Crippen molar-refractivity contribution in [3.8, 4) is 5.75 Å². The molecule has 0 saturated heterocycles. The highest BCUT2D eigenvalue weighted by molar-refractivity contribution is 6.46. The summed E-state index contributed by atoms with van der Waals surface area (Å²) in [6, 6.07) is 17.9. The van der Waals surface area contributed by atoms with Crippen LogP contribution in [0.25, 0.3) is 5.57 Å². The van der Waals surface area contributed by atoms with Crippen LogP contribution in [-0.4, -0.2) is 18.9 Å². The lowest BCUT2D eigenvalue weighted by Crippen LogP contribution is -2.32. The van der Waals surface area contributed by atoms with Crippen molar-refractivity contribution in [1.82, 2.24) is 0 Å². The standard InChI is InChI=1S/C25H21FN2O3/c1-15-5-4-6-21(16(15)2)27-23-22(17-7-9-18(26)10-8-17)24(29)28(25(23)30)19-11-13-20(31-3)14-12-19/h4-14,27H,1-3H3. The number of ether oxygens (including phenoxy) is 1. The Labute approximate surface area is 179 Å². The summed E-state index contributed by atoms with van der Waals surface area (Å²) in [5.41, 5.74) is 3.99. The number of carbonyl (C=O) groups excluding carboxylic acids is 2. The van der Waals surface area contributed by atoms with E-state index in [-0.39, 0.29) is 11.3 Å². The maximum Gasteiger partial charge on any atom is 0.282 e. The van der Waals surface area contributed by atoms with Crippen LogP contribution in [0.1, 0.15) is 16.7 Å². The highest BCUT2D eigenvalue weighted by Gasteiger charge is 2.40. The number of imide groups is 1. The third kappa shape index (κ3) is 3.68. The zero-order valence-electron chi connectivity index (χ0n) is 17.4. The number of nitrogens with zero attached hydrogens (tertiary/aromatic N) is 1. The molecule has 0 aliphatic carbocycles. The van der Waals surface area contributed by atoms with Crippen molar-refractivity contribution in [3.05, 3.63) is 94.9 Å². The minimum Gasteiger partial charge on any atom is -0.497 e. The Kier molecular flexibility index (Phi) is 5.29. The summed E-state index contributed by atoms with van der Waals surface area (Å²) in [6.45, 7) is 3.92. The highest BCUT2D eigenvalue weighted by atomic mass is 19.1. The number of benzene rings is 3. The summed E-state index contributed by atoms with van der Waals surface area (Å²) in [7, 11) is 1.54. The van der Waals surface area contributed by atoms with Gasteiger partial charge >= 0.3 is 0 Å². The minimum atomic E-state index is -0.477. The van der Waals surface area contributed by atoms with Crippen molar-refractivity contribution >= 4 is 28.8 Å². The van der Waals surface area contributed by atoms with Gasteiger partial charge in [-0.2, -0.15) is 0 Å². The van der Waals surface area contributed by atoms with Crippen LogP contribution in [0.2, 0.25) is 0 Å². The molecule has 5 nitrogen and oxygen atoms in total. The Bertz CT molecular complexity index is 1200. The predicted molar refractivity (Wildman–Crippen MR) is 118 cm³/mol. The van der Waals surface area contributed by atoms with Gasteiger partial charge in [-0.05, 0) is 73.0 Å². The average Bonchev–Trinajstić information content (AvgIpc) is 3.01. The van der Waals surface area contributed by atoms with Crippen molar-refractivity contribution in [2.75, 3.05) is 17.3 Å². The van der Waals surface area contributed by atoms with Gasteiger partial charge in [0.2, 0.25) is 0 Å². The number of nitrogens with one attached hydrogen (secondary N) is 1. The Balaban J connectivity index is 1.82. The second-order valence-corrected chi connectivity index (χ2v) is 7.27. The van der Waals surface area contributed by atoms with E-state index in [1.807, 2.05) is 32.0 Å². The topological polar surface area (TPSA) is 58.6 Å². The van der Waals surface area contributed by atoms with E-state index in [0.29, 0.717) is 17.0 Å². The van der Waals surface area contributed by atoms with Crippen LogP contribution in [0.5, 0.6) is 5.75 Å². The van der Waals surface area contributed by atoms with Crippen LogP contribution in [0, 0.1) is 19.7 Å². The number of hydrogen-bond donors (Lipinski definition) is 1.